The molecule has 2 amide bonds. The quantitative estimate of drug-likeness (QED) is 0.750. The van der Waals surface area contributed by atoms with Crippen LogP contribution in [0.15, 0.2) is 61.3 Å². The van der Waals surface area contributed by atoms with Crippen LogP contribution in [-0.4, -0.2) is 37.2 Å². The predicted octanol–water partition coefficient (Wildman–Crippen LogP) is 3.11. The van der Waals surface area contributed by atoms with Gasteiger partial charge in [-0.3, -0.25) is 0 Å². The largest absolute Gasteiger partial charge is 0.322 e. The van der Waals surface area contributed by atoms with Gasteiger partial charge in [-0.2, -0.15) is 5.10 Å². The lowest BCUT2D eigenvalue weighted by molar-refractivity contribution is 0.209. The molecule has 0 fully saturated rings. The molecule has 3 aromatic rings. The molecule has 0 bridgehead atoms. The maximum absolute atomic E-state index is 12.8. The molecule has 0 aliphatic carbocycles. The fourth-order valence-electron chi connectivity index (χ4n) is 2.52. The van der Waals surface area contributed by atoms with Gasteiger partial charge in [-0.1, -0.05) is 37.3 Å². The van der Waals surface area contributed by atoms with Gasteiger partial charge in [0, 0.05) is 19.3 Å². The van der Waals surface area contributed by atoms with E-state index in [1.807, 2.05) is 30.3 Å². The molecule has 0 aliphatic rings. The SMILES string of the molecule is CCCN(Cc1ccccc1)C(=O)Nc1cccnc1-n1cncn1. The smallest absolute Gasteiger partial charge is 0.320 e. The number of carbonyl (C=O) groups excluding carboxylic acids is 1. The van der Waals surface area contributed by atoms with Crippen molar-refractivity contribution in [1.29, 1.82) is 0 Å². The molecule has 0 atom stereocenters. The zero-order valence-electron chi connectivity index (χ0n) is 14.0. The molecule has 7 nitrogen and oxygen atoms in total. The first-order valence-corrected chi connectivity index (χ1v) is 8.18. The Morgan fingerprint density at radius 1 is 1.20 bits per heavy atom. The average Bonchev–Trinajstić information content (AvgIpc) is 3.17. The molecule has 0 unspecified atom stereocenters. The molecule has 0 saturated carbocycles. The van der Waals surface area contributed by atoms with Gasteiger partial charge in [0.15, 0.2) is 5.82 Å². The van der Waals surface area contributed by atoms with Gasteiger partial charge >= 0.3 is 6.03 Å². The first-order valence-electron chi connectivity index (χ1n) is 8.18. The molecule has 3 rings (SSSR count). The maximum atomic E-state index is 12.8. The number of rotatable bonds is 6. The van der Waals surface area contributed by atoms with Crippen LogP contribution in [0.25, 0.3) is 5.82 Å². The molecule has 0 aliphatic heterocycles. The van der Waals surface area contributed by atoms with Crippen LogP contribution in [0.3, 0.4) is 0 Å². The Bertz CT molecular complexity index is 803. The van der Waals surface area contributed by atoms with Gasteiger partial charge in [-0.15, -0.1) is 0 Å². The Morgan fingerprint density at radius 3 is 2.76 bits per heavy atom. The van der Waals surface area contributed by atoms with E-state index in [0.29, 0.717) is 24.6 Å². The number of nitrogens with zero attached hydrogens (tertiary/aromatic N) is 5. The van der Waals surface area contributed by atoms with Crippen molar-refractivity contribution in [2.24, 2.45) is 0 Å². The molecule has 7 heteroatoms. The standard InChI is InChI=1S/C18H20N6O/c1-2-11-23(12-15-7-4-3-5-8-15)18(25)22-16-9-6-10-20-17(16)24-14-19-13-21-24/h3-10,13-14H,2,11-12H2,1H3,(H,22,25). The lowest BCUT2D eigenvalue weighted by atomic mass is 10.2. The Morgan fingerprint density at radius 2 is 2.04 bits per heavy atom. The van der Waals surface area contributed by atoms with Crippen molar-refractivity contribution in [1.82, 2.24) is 24.6 Å². The van der Waals surface area contributed by atoms with Gasteiger partial charge in [0.05, 0.1) is 5.69 Å². The number of amides is 2. The third-order valence-electron chi connectivity index (χ3n) is 3.66. The molecule has 25 heavy (non-hydrogen) atoms. The number of pyridine rings is 1. The Kier molecular flexibility index (Phi) is 5.36. The van der Waals surface area contributed by atoms with E-state index in [2.05, 4.69) is 27.3 Å². The number of hydrogen-bond donors (Lipinski definition) is 1. The second-order valence-electron chi connectivity index (χ2n) is 5.55. The third-order valence-corrected chi connectivity index (χ3v) is 3.66. The van der Waals surface area contributed by atoms with Crippen molar-refractivity contribution in [2.75, 3.05) is 11.9 Å². The first kappa shape index (κ1) is 16.6. The van der Waals surface area contributed by atoms with Gasteiger partial charge in [-0.25, -0.2) is 19.4 Å². The van der Waals surface area contributed by atoms with Crippen LogP contribution in [0.2, 0.25) is 0 Å². The fraction of sp³-hybridized carbons (Fsp3) is 0.222. The summed E-state index contributed by atoms with van der Waals surface area (Å²) in [6, 6.07) is 13.4. The highest BCUT2D eigenvalue weighted by atomic mass is 16.2. The van der Waals surface area contributed by atoms with Crippen molar-refractivity contribution in [2.45, 2.75) is 19.9 Å². The van der Waals surface area contributed by atoms with Crippen molar-refractivity contribution in [3.63, 3.8) is 0 Å². The van der Waals surface area contributed by atoms with E-state index in [4.69, 9.17) is 0 Å². The highest BCUT2D eigenvalue weighted by Crippen LogP contribution is 2.17. The number of urea groups is 1. The minimum atomic E-state index is -0.167. The topological polar surface area (TPSA) is 75.9 Å². The molecular weight excluding hydrogens is 316 g/mol. The second kappa shape index (κ2) is 8.05. The summed E-state index contributed by atoms with van der Waals surface area (Å²) < 4.78 is 1.52. The second-order valence-corrected chi connectivity index (χ2v) is 5.55. The molecule has 0 saturated heterocycles. The first-order chi connectivity index (χ1) is 12.3. The molecule has 128 valence electrons. The summed E-state index contributed by atoms with van der Waals surface area (Å²) in [5, 5.41) is 7.02. The van der Waals surface area contributed by atoms with Crippen LogP contribution < -0.4 is 5.32 Å². The highest BCUT2D eigenvalue weighted by molar-refractivity contribution is 5.91. The third kappa shape index (κ3) is 4.20. The van der Waals surface area contributed by atoms with Crippen LogP contribution in [-0.2, 0) is 6.54 Å². The average molecular weight is 336 g/mol. The Labute approximate surface area is 146 Å². The van der Waals surface area contributed by atoms with Crippen LogP contribution in [0.4, 0.5) is 10.5 Å². The highest BCUT2D eigenvalue weighted by Gasteiger charge is 2.16. The van der Waals surface area contributed by atoms with Gasteiger partial charge < -0.3 is 10.2 Å². The molecule has 1 aromatic carbocycles. The predicted molar refractivity (Wildman–Crippen MR) is 95.3 cm³/mol. The maximum Gasteiger partial charge on any atom is 0.322 e. The van der Waals surface area contributed by atoms with E-state index in [9.17, 15) is 4.79 Å². The molecule has 0 spiro atoms. The van der Waals surface area contributed by atoms with E-state index in [-0.39, 0.29) is 6.03 Å². The lowest BCUT2D eigenvalue weighted by Crippen LogP contribution is -2.35. The molecular formula is C18H20N6O. The zero-order valence-corrected chi connectivity index (χ0v) is 14.0. The Hall–Kier alpha value is -3.22. The van der Waals surface area contributed by atoms with Crippen LogP contribution >= 0.6 is 0 Å². The number of aromatic nitrogens is 4. The molecule has 2 aromatic heterocycles. The monoisotopic (exact) mass is 336 g/mol. The van der Waals surface area contributed by atoms with Crippen LogP contribution in [0, 0.1) is 0 Å². The summed E-state index contributed by atoms with van der Waals surface area (Å²) >= 11 is 0. The summed E-state index contributed by atoms with van der Waals surface area (Å²) in [6.07, 6.45) is 5.51. The number of nitrogens with one attached hydrogen (secondary N) is 1. The van der Waals surface area contributed by atoms with Crippen LogP contribution in [0.1, 0.15) is 18.9 Å². The summed E-state index contributed by atoms with van der Waals surface area (Å²) in [6.45, 7) is 3.27. The van der Waals surface area contributed by atoms with Gasteiger partial charge in [0.2, 0.25) is 0 Å². The lowest BCUT2D eigenvalue weighted by Gasteiger charge is -2.23. The summed E-state index contributed by atoms with van der Waals surface area (Å²) in [5.41, 5.74) is 1.68. The van der Waals surface area contributed by atoms with Crippen LogP contribution in [0.5, 0.6) is 0 Å². The number of carbonyl (C=O) groups is 1. The van der Waals surface area contributed by atoms with Gasteiger partial charge in [-0.05, 0) is 24.1 Å². The number of hydrogen-bond acceptors (Lipinski definition) is 4. The summed E-state index contributed by atoms with van der Waals surface area (Å²) in [4.78, 5) is 22.8. The normalized spacial score (nSPS) is 10.4. The van der Waals surface area contributed by atoms with E-state index >= 15 is 0 Å². The summed E-state index contributed by atoms with van der Waals surface area (Å²) in [5.74, 6) is 0.532. The summed E-state index contributed by atoms with van der Waals surface area (Å²) in [7, 11) is 0. The van der Waals surface area contributed by atoms with Crippen molar-refractivity contribution in [3.8, 4) is 5.82 Å². The van der Waals surface area contributed by atoms with E-state index in [1.165, 1.54) is 11.0 Å². The molecule has 0 radical (unpaired) electrons. The van der Waals surface area contributed by atoms with E-state index in [0.717, 1.165) is 12.0 Å². The van der Waals surface area contributed by atoms with Crippen molar-refractivity contribution >= 4 is 11.7 Å². The van der Waals surface area contributed by atoms with Gasteiger partial charge in [0.25, 0.3) is 0 Å². The number of benzene rings is 1. The van der Waals surface area contributed by atoms with E-state index < -0.39 is 0 Å². The minimum Gasteiger partial charge on any atom is -0.320 e. The molecule has 1 N–H and O–H groups in total. The minimum absolute atomic E-state index is 0.167. The Balaban J connectivity index is 1.78. The van der Waals surface area contributed by atoms with E-state index in [1.54, 1.807) is 29.6 Å². The van der Waals surface area contributed by atoms with Crippen molar-refractivity contribution < 1.29 is 4.79 Å². The zero-order chi connectivity index (χ0) is 17.5. The number of anilines is 1. The van der Waals surface area contributed by atoms with Gasteiger partial charge in [0.1, 0.15) is 12.7 Å². The molecule has 2 heterocycles. The fourth-order valence-corrected chi connectivity index (χ4v) is 2.52. The van der Waals surface area contributed by atoms with Crippen molar-refractivity contribution in [3.05, 3.63) is 66.9 Å².